The molecule has 1 aromatic heterocycles. The van der Waals surface area contributed by atoms with Crippen LogP contribution >= 0.6 is 11.8 Å². The van der Waals surface area contributed by atoms with Crippen molar-refractivity contribution in [2.24, 2.45) is 0 Å². The third-order valence-electron chi connectivity index (χ3n) is 3.74. The third kappa shape index (κ3) is 2.21. The maximum atomic E-state index is 14.4. The van der Waals surface area contributed by atoms with Crippen LogP contribution in [-0.4, -0.2) is 30.1 Å². The predicted octanol–water partition coefficient (Wildman–Crippen LogP) is 3.51. The normalized spacial score (nSPS) is 19.4. The van der Waals surface area contributed by atoms with Crippen molar-refractivity contribution in [2.45, 2.75) is 6.29 Å². The highest BCUT2D eigenvalue weighted by Crippen LogP contribution is 2.43. The van der Waals surface area contributed by atoms with E-state index >= 15 is 0 Å². The minimum atomic E-state index is -0.902. The van der Waals surface area contributed by atoms with E-state index in [1.807, 2.05) is 0 Å². The molecule has 2 aromatic rings. The van der Waals surface area contributed by atoms with Gasteiger partial charge in [0, 0.05) is 10.3 Å². The summed E-state index contributed by atoms with van der Waals surface area (Å²) in [5.41, 5.74) is 0.483. The third-order valence-corrected chi connectivity index (χ3v) is 4.56. The van der Waals surface area contributed by atoms with Gasteiger partial charge in [0.15, 0.2) is 17.6 Å². The number of ether oxygens (including phenoxy) is 2. The number of aromatic hydroxyl groups is 1. The average Bonchev–Trinajstić information content (AvgIpc) is 3.22. The number of anilines is 1. The Hall–Kier alpha value is -2.03. The highest BCUT2D eigenvalue weighted by atomic mass is 32.2. The van der Waals surface area contributed by atoms with Crippen molar-refractivity contribution >= 4 is 33.7 Å². The molecule has 1 amide bonds. The molecule has 2 saturated heterocycles. The first-order valence-electron chi connectivity index (χ1n) is 6.89. The summed E-state index contributed by atoms with van der Waals surface area (Å²) in [4.78, 5) is 14.2. The summed E-state index contributed by atoms with van der Waals surface area (Å²) in [7, 11) is 0. The number of rotatable bonds is 2. The molecule has 0 spiro atoms. The molecule has 0 aliphatic carbocycles. The number of fused-ring (bicyclic) bond motifs is 1. The molecule has 1 N–H and O–H groups in total. The molecule has 23 heavy (non-hydrogen) atoms. The molecule has 0 radical (unpaired) electrons. The van der Waals surface area contributed by atoms with Crippen molar-refractivity contribution in [1.82, 2.24) is 0 Å². The van der Waals surface area contributed by atoms with Gasteiger partial charge < -0.3 is 19.0 Å². The minimum absolute atomic E-state index is 0.116. The first kappa shape index (κ1) is 14.6. The second-order valence-electron chi connectivity index (χ2n) is 5.19. The number of phenols is 1. The van der Waals surface area contributed by atoms with Gasteiger partial charge in [0.05, 0.1) is 31.0 Å². The van der Waals surface area contributed by atoms with Crippen molar-refractivity contribution in [3.05, 3.63) is 35.2 Å². The topological polar surface area (TPSA) is 72.1 Å². The lowest BCUT2D eigenvalue weighted by Gasteiger charge is -2.15. The summed E-state index contributed by atoms with van der Waals surface area (Å²) in [6.07, 6.45) is 0.458. The number of carbonyl (C=O) groups is 1. The number of thioether (sulfide) groups is 1. The van der Waals surface area contributed by atoms with Gasteiger partial charge >= 0.3 is 0 Å². The number of furan rings is 1. The molecular weight excluding hydrogens is 325 g/mol. The molecule has 0 atom stereocenters. The first-order valence-corrected chi connectivity index (χ1v) is 7.71. The quantitative estimate of drug-likeness (QED) is 0.904. The van der Waals surface area contributed by atoms with Gasteiger partial charge in [-0.1, -0.05) is 6.58 Å². The fourth-order valence-corrected chi connectivity index (χ4v) is 3.40. The highest BCUT2D eigenvalue weighted by molar-refractivity contribution is 8.17. The van der Waals surface area contributed by atoms with Crippen molar-refractivity contribution in [3.63, 3.8) is 0 Å². The summed E-state index contributed by atoms with van der Waals surface area (Å²) in [6.45, 7) is 4.83. The molecule has 0 saturated carbocycles. The van der Waals surface area contributed by atoms with Crippen molar-refractivity contribution in [3.8, 4) is 5.75 Å². The molecule has 120 valence electrons. The fraction of sp³-hybridized carbons (Fsp3) is 0.267. The van der Waals surface area contributed by atoms with Crippen LogP contribution in [0.4, 0.5) is 14.9 Å². The van der Waals surface area contributed by atoms with Crippen molar-refractivity contribution in [2.75, 3.05) is 24.7 Å². The Morgan fingerprint density at radius 3 is 2.78 bits per heavy atom. The standard InChI is InChI=1S/C15H12FNO5S/c1-7-5-17(15(19)23-7)10-6-22-13-8(10)4-9(12(18)11(13)16)14-20-2-3-21-14/h4,6,14,18H,1-3,5H2. The van der Waals surface area contributed by atoms with E-state index in [0.29, 0.717) is 35.7 Å². The van der Waals surface area contributed by atoms with Gasteiger partial charge in [-0.2, -0.15) is 4.39 Å². The van der Waals surface area contributed by atoms with E-state index in [4.69, 9.17) is 13.9 Å². The second-order valence-corrected chi connectivity index (χ2v) is 6.32. The lowest BCUT2D eigenvalue weighted by molar-refractivity contribution is -0.0456. The molecule has 2 fully saturated rings. The van der Waals surface area contributed by atoms with Crippen LogP contribution in [0.15, 0.2) is 28.2 Å². The molecule has 4 rings (SSSR count). The van der Waals surface area contributed by atoms with Gasteiger partial charge in [0.2, 0.25) is 5.82 Å². The van der Waals surface area contributed by atoms with Crippen LogP contribution in [0.2, 0.25) is 0 Å². The summed E-state index contributed by atoms with van der Waals surface area (Å²) >= 11 is 1.03. The monoisotopic (exact) mass is 337 g/mol. The Kier molecular flexibility index (Phi) is 3.33. The van der Waals surface area contributed by atoms with Crippen LogP contribution in [-0.2, 0) is 9.47 Å². The SMILES string of the molecule is C=C1CN(c2coc3c(F)c(O)c(C4OCCO4)cc23)C(=O)S1. The van der Waals surface area contributed by atoms with Crippen LogP contribution in [0.3, 0.4) is 0 Å². The molecule has 2 aliphatic heterocycles. The second kappa shape index (κ2) is 5.26. The summed E-state index contributed by atoms with van der Waals surface area (Å²) in [5, 5.41) is 10.2. The molecule has 0 bridgehead atoms. The molecule has 1 aromatic carbocycles. The molecule has 2 aliphatic rings. The van der Waals surface area contributed by atoms with E-state index in [0.717, 1.165) is 11.8 Å². The van der Waals surface area contributed by atoms with Crippen LogP contribution in [0.5, 0.6) is 5.75 Å². The number of phenolic OH excluding ortho intramolecular Hbond substituents is 1. The number of amides is 1. The lowest BCUT2D eigenvalue weighted by atomic mass is 10.1. The molecular formula is C15H12FNO5S. The number of nitrogens with zero attached hydrogens (tertiary/aromatic N) is 1. The van der Waals surface area contributed by atoms with Gasteiger partial charge in [0.1, 0.15) is 6.26 Å². The fourth-order valence-electron chi connectivity index (χ4n) is 2.69. The lowest BCUT2D eigenvalue weighted by Crippen LogP contribution is -2.21. The van der Waals surface area contributed by atoms with E-state index < -0.39 is 17.9 Å². The largest absolute Gasteiger partial charge is 0.504 e. The maximum absolute atomic E-state index is 14.4. The predicted molar refractivity (Wildman–Crippen MR) is 82.0 cm³/mol. The number of hydrogen-bond donors (Lipinski definition) is 1. The van der Waals surface area contributed by atoms with Crippen molar-refractivity contribution < 1.29 is 28.2 Å². The van der Waals surface area contributed by atoms with Gasteiger partial charge in [-0.15, -0.1) is 0 Å². The molecule has 3 heterocycles. The van der Waals surface area contributed by atoms with Gasteiger partial charge in [0.25, 0.3) is 5.24 Å². The minimum Gasteiger partial charge on any atom is -0.504 e. The Morgan fingerprint density at radius 1 is 1.39 bits per heavy atom. The Morgan fingerprint density at radius 2 is 2.13 bits per heavy atom. The highest BCUT2D eigenvalue weighted by Gasteiger charge is 2.32. The van der Waals surface area contributed by atoms with Crippen LogP contribution in [0.1, 0.15) is 11.9 Å². The van der Waals surface area contributed by atoms with Crippen LogP contribution in [0, 0.1) is 5.82 Å². The number of hydrogen-bond acceptors (Lipinski definition) is 6. The molecule has 0 unspecified atom stereocenters. The molecule has 6 nitrogen and oxygen atoms in total. The molecule has 8 heteroatoms. The van der Waals surface area contributed by atoms with Crippen molar-refractivity contribution in [1.29, 1.82) is 0 Å². The zero-order chi connectivity index (χ0) is 16.1. The Bertz CT molecular complexity index is 827. The maximum Gasteiger partial charge on any atom is 0.291 e. The van der Waals surface area contributed by atoms with Gasteiger partial charge in [-0.05, 0) is 17.8 Å². The van der Waals surface area contributed by atoms with Crippen LogP contribution in [0.25, 0.3) is 11.0 Å². The first-order chi connectivity index (χ1) is 11.1. The van der Waals surface area contributed by atoms with Gasteiger partial charge in [-0.3, -0.25) is 9.69 Å². The number of benzene rings is 1. The Labute approximate surface area is 134 Å². The smallest absolute Gasteiger partial charge is 0.291 e. The zero-order valence-electron chi connectivity index (χ0n) is 11.9. The average molecular weight is 337 g/mol. The number of halogens is 1. The Balaban J connectivity index is 1.87. The zero-order valence-corrected chi connectivity index (χ0v) is 12.7. The summed E-state index contributed by atoms with van der Waals surface area (Å²) in [5.74, 6) is -1.47. The van der Waals surface area contributed by atoms with E-state index in [-0.39, 0.29) is 16.4 Å². The van der Waals surface area contributed by atoms with Gasteiger partial charge in [-0.25, -0.2) is 0 Å². The summed E-state index contributed by atoms with van der Waals surface area (Å²) < 4.78 is 30.3. The van der Waals surface area contributed by atoms with E-state index in [9.17, 15) is 14.3 Å². The van der Waals surface area contributed by atoms with E-state index in [1.54, 1.807) is 0 Å². The van der Waals surface area contributed by atoms with E-state index in [1.165, 1.54) is 17.2 Å². The number of carbonyl (C=O) groups excluding carboxylic acids is 1. The van der Waals surface area contributed by atoms with E-state index in [2.05, 4.69) is 6.58 Å². The van der Waals surface area contributed by atoms with Crippen LogP contribution < -0.4 is 4.90 Å². The summed E-state index contributed by atoms with van der Waals surface area (Å²) in [6, 6.07) is 1.53.